The van der Waals surface area contributed by atoms with E-state index in [1.165, 1.54) is 23.9 Å². The molecule has 8 nitrogen and oxygen atoms in total. The number of aryl methyl sites for hydroxylation is 2. The summed E-state index contributed by atoms with van der Waals surface area (Å²) >= 11 is 7.04. The number of benzene rings is 3. The Labute approximate surface area is 228 Å². The van der Waals surface area contributed by atoms with Gasteiger partial charge in [-0.25, -0.2) is 4.39 Å². The van der Waals surface area contributed by atoms with Crippen molar-refractivity contribution in [3.63, 3.8) is 0 Å². The Morgan fingerprint density at radius 3 is 2.47 bits per heavy atom. The number of nitrogens with one attached hydrogen (secondary N) is 2. The van der Waals surface area contributed by atoms with Gasteiger partial charge in [-0.2, -0.15) is 0 Å². The summed E-state index contributed by atoms with van der Waals surface area (Å²) in [5.41, 5.74) is 3.34. The molecule has 1 aromatic heterocycles. The van der Waals surface area contributed by atoms with Crippen LogP contribution in [-0.2, 0) is 16.1 Å². The van der Waals surface area contributed by atoms with E-state index in [-0.39, 0.29) is 30.7 Å². The van der Waals surface area contributed by atoms with Crippen LogP contribution in [0, 0.1) is 19.7 Å². The molecule has 0 aliphatic rings. The zero-order chi connectivity index (χ0) is 27.1. The van der Waals surface area contributed by atoms with E-state index in [4.69, 9.17) is 16.3 Å². The van der Waals surface area contributed by atoms with Crippen molar-refractivity contribution in [2.24, 2.45) is 0 Å². The highest BCUT2D eigenvalue weighted by Crippen LogP contribution is 2.24. The average Bonchev–Trinajstić information content (AvgIpc) is 3.31. The molecule has 0 spiro atoms. The van der Waals surface area contributed by atoms with Crippen molar-refractivity contribution in [2.45, 2.75) is 25.5 Å². The normalized spacial score (nSPS) is 10.7. The molecule has 196 valence electrons. The van der Waals surface area contributed by atoms with Crippen LogP contribution < -0.4 is 15.4 Å². The first-order valence-electron chi connectivity index (χ1n) is 11.6. The molecule has 38 heavy (non-hydrogen) atoms. The first-order valence-corrected chi connectivity index (χ1v) is 13.0. The van der Waals surface area contributed by atoms with Crippen molar-refractivity contribution in [1.82, 2.24) is 20.1 Å². The van der Waals surface area contributed by atoms with Gasteiger partial charge in [-0.15, -0.1) is 10.2 Å². The van der Waals surface area contributed by atoms with Gasteiger partial charge in [0.05, 0.1) is 12.3 Å². The van der Waals surface area contributed by atoms with E-state index >= 15 is 0 Å². The smallest absolute Gasteiger partial charge is 0.258 e. The summed E-state index contributed by atoms with van der Waals surface area (Å²) in [4.78, 5) is 25.0. The van der Waals surface area contributed by atoms with E-state index in [1.807, 2.05) is 32.0 Å². The molecule has 0 saturated heterocycles. The van der Waals surface area contributed by atoms with Crippen LogP contribution in [0.2, 0.25) is 5.02 Å². The highest BCUT2D eigenvalue weighted by Gasteiger charge is 2.17. The Bertz CT molecular complexity index is 1430. The quantitative estimate of drug-likeness (QED) is 0.265. The zero-order valence-electron chi connectivity index (χ0n) is 20.7. The first-order chi connectivity index (χ1) is 18.3. The van der Waals surface area contributed by atoms with Crippen molar-refractivity contribution < 1.29 is 18.7 Å². The second kappa shape index (κ2) is 12.6. The van der Waals surface area contributed by atoms with Crippen LogP contribution in [0.4, 0.5) is 10.1 Å². The average molecular weight is 554 g/mol. The summed E-state index contributed by atoms with van der Waals surface area (Å²) in [7, 11) is 0. The number of ether oxygens (including phenoxy) is 1. The van der Waals surface area contributed by atoms with Crippen LogP contribution in [0.5, 0.6) is 5.75 Å². The molecule has 0 radical (unpaired) electrons. The summed E-state index contributed by atoms with van der Waals surface area (Å²) in [6.07, 6.45) is 0. The second-order valence-electron chi connectivity index (χ2n) is 8.39. The maximum Gasteiger partial charge on any atom is 0.258 e. The standard InChI is InChI=1S/C27H25ClFN5O3S/c1-17-3-4-18(2)23(13-17)31-26(36)16-38-27-33-32-24(34(27)21-9-7-20(29)8-10-21)14-30-25(35)15-37-22-11-5-19(28)6-12-22/h3-13H,14-16H2,1-2H3,(H,30,35)(H,31,36). The number of anilines is 1. The lowest BCUT2D eigenvalue weighted by atomic mass is 10.1. The maximum atomic E-state index is 13.6. The van der Waals surface area contributed by atoms with E-state index in [0.717, 1.165) is 16.8 Å². The van der Waals surface area contributed by atoms with Gasteiger partial charge in [0.2, 0.25) is 5.91 Å². The van der Waals surface area contributed by atoms with E-state index in [0.29, 0.717) is 27.4 Å². The summed E-state index contributed by atoms with van der Waals surface area (Å²) in [5, 5.41) is 15.1. The molecule has 0 fully saturated rings. The lowest BCUT2D eigenvalue weighted by molar-refractivity contribution is -0.123. The molecule has 0 aliphatic carbocycles. The van der Waals surface area contributed by atoms with Crippen molar-refractivity contribution >= 4 is 40.9 Å². The molecular weight excluding hydrogens is 529 g/mol. The largest absolute Gasteiger partial charge is 0.484 e. The van der Waals surface area contributed by atoms with Crippen molar-refractivity contribution in [1.29, 1.82) is 0 Å². The summed E-state index contributed by atoms with van der Waals surface area (Å²) in [6, 6.07) is 18.3. The monoisotopic (exact) mass is 553 g/mol. The third kappa shape index (κ3) is 7.33. The Morgan fingerprint density at radius 1 is 1.00 bits per heavy atom. The van der Waals surface area contributed by atoms with E-state index < -0.39 is 5.82 Å². The molecule has 1 heterocycles. The fourth-order valence-corrected chi connectivity index (χ4v) is 4.35. The Morgan fingerprint density at radius 2 is 1.74 bits per heavy atom. The number of halogens is 2. The van der Waals surface area contributed by atoms with E-state index in [9.17, 15) is 14.0 Å². The van der Waals surface area contributed by atoms with Crippen LogP contribution in [0.25, 0.3) is 5.69 Å². The van der Waals surface area contributed by atoms with Crippen LogP contribution >= 0.6 is 23.4 Å². The van der Waals surface area contributed by atoms with Crippen molar-refractivity contribution in [3.05, 3.63) is 94.5 Å². The maximum absolute atomic E-state index is 13.6. The van der Waals surface area contributed by atoms with Crippen LogP contribution in [0.15, 0.2) is 71.9 Å². The predicted octanol–water partition coefficient (Wildman–Crippen LogP) is 5.10. The highest BCUT2D eigenvalue weighted by atomic mass is 35.5. The number of amides is 2. The van der Waals surface area contributed by atoms with Crippen molar-refractivity contribution in [2.75, 3.05) is 17.7 Å². The minimum Gasteiger partial charge on any atom is -0.484 e. The number of carbonyl (C=O) groups excluding carboxylic acids is 2. The third-order valence-corrected chi connectivity index (χ3v) is 6.59. The molecule has 3 aromatic carbocycles. The minimum atomic E-state index is -0.391. The molecule has 0 atom stereocenters. The lowest BCUT2D eigenvalue weighted by Crippen LogP contribution is -2.29. The molecule has 0 unspecified atom stereocenters. The Balaban J connectivity index is 1.42. The number of hydrogen-bond acceptors (Lipinski definition) is 6. The van der Waals surface area contributed by atoms with Gasteiger partial charge in [0.15, 0.2) is 17.6 Å². The summed E-state index contributed by atoms with van der Waals surface area (Å²) in [6.45, 7) is 3.72. The molecule has 0 saturated carbocycles. The molecular formula is C27H25ClFN5O3S. The number of nitrogens with zero attached hydrogens (tertiary/aromatic N) is 3. The second-order valence-corrected chi connectivity index (χ2v) is 9.76. The van der Waals surface area contributed by atoms with Gasteiger partial charge in [-0.05, 0) is 79.6 Å². The Hall–Kier alpha value is -3.89. The zero-order valence-corrected chi connectivity index (χ0v) is 22.3. The molecule has 0 bridgehead atoms. The first kappa shape index (κ1) is 27.2. The molecule has 2 N–H and O–H groups in total. The Kier molecular flexibility index (Phi) is 8.98. The van der Waals surface area contributed by atoms with Gasteiger partial charge < -0.3 is 15.4 Å². The van der Waals surface area contributed by atoms with Gasteiger partial charge in [-0.1, -0.05) is 35.5 Å². The molecule has 4 aromatic rings. The lowest BCUT2D eigenvalue weighted by Gasteiger charge is -2.12. The number of thioether (sulfide) groups is 1. The summed E-state index contributed by atoms with van der Waals surface area (Å²) < 4.78 is 20.7. The number of aromatic nitrogens is 3. The highest BCUT2D eigenvalue weighted by molar-refractivity contribution is 7.99. The molecule has 11 heteroatoms. The van der Waals surface area contributed by atoms with E-state index in [2.05, 4.69) is 20.8 Å². The summed E-state index contributed by atoms with van der Waals surface area (Å²) in [5.74, 6) is 0.0414. The minimum absolute atomic E-state index is 0.0441. The van der Waals surface area contributed by atoms with Gasteiger partial charge in [-0.3, -0.25) is 14.2 Å². The molecule has 0 aliphatic heterocycles. The van der Waals surface area contributed by atoms with Gasteiger partial charge in [0.25, 0.3) is 5.91 Å². The van der Waals surface area contributed by atoms with Gasteiger partial charge in [0, 0.05) is 16.4 Å². The SMILES string of the molecule is Cc1ccc(C)c(NC(=O)CSc2nnc(CNC(=O)COc3ccc(Cl)cc3)n2-c2ccc(F)cc2)c1. The predicted molar refractivity (Wildman–Crippen MR) is 145 cm³/mol. The molecule has 2 amide bonds. The molecule has 4 rings (SSSR count). The number of rotatable bonds is 10. The number of carbonyl (C=O) groups is 2. The fraction of sp³-hybridized carbons (Fsp3) is 0.185. The fourth-order valence-electron chi connectivity index (χ4n) is 3.45. The van der Waals surface area contributed by atoms with Crippen molar-refractivity contribution in [3.8, 4) is 11.4 Å². The van der Waals surface area contributed by atoms with Crippen LogP contribution in [0.1, 0.15) is 17.0 Å². The van der Waals surface area contributed by atoms with Crippen LogP contribution in [0.3, 0.4) is 0 Å². The topological polar surface area (TPSA) is 98.1 Å². The van der Waals surface area contributed by atoms with Crippen LogP contribution in [-0.4, -0.2) is 38.9 Å². The van der Waals surface area contributed by atoms with Gasteiger partial charge in [0.1, 0.15) is 11.6 Å². The van der Waals surface area contributed by atoms with Gasteiger partial charge >= 0.3 is 0 Å². The van der Waals surface area contributed by atoms with E-state index in [1.54, 1.807) is 41.0 Å². The third-order valence-electron chi connectivity index (χ3n) is 5.41. The number of hydrogen-bond donors (Lipinski definition) is 2.